The third kappa shape index (κ3) is 2.97. The van der Waals surface area contributed by atoms with Gasteiger partial charge in [0.15, 0.2) is 0 Å². The van der Waals surface area contributed by atoms with E-state index in [4.69, 9.17) is 10.2 Å². The number of aromatic carboxylic acids is 2. The smallest absolute Gasteiger partial charge is 0.337 e. The van der Waals surface area contributed by atoms with E-state index in [2.05, 4.69) is 21.2 Å². The molecule has 0 aliphatic heterocycles. The Bertz CT molecular complexity index is 685. The lowest BCUT2D eigenvalue weighted by atomic mass is 10.1. The lowest BCUT2D eigenvalue weighted by molar-refractivity contribution is 0.0688. The van der Waals surface area contributed by atoms with Gasteiger partial charge in [-0.15, -0.1) is 0 Å². The largest absolute Gasteiger partial charge is 0.478 e. The monoisotopic (exact) mass is 335 g/mol. The molecule has 0 atom stereocenters. The van der Waals surface area contributed by atoms with Gasteiger partial charge in [-0.3, -0.25) is 0 Å². The Morgan fingerprint density at radius 3 is 2.15 bits per heavy atom. The van der Waals surface area contributed by atoms with Crippen molar-refractivity contribution in [3.63, 3.8) is 0 Å². The number of carbonyl (C=O) groups is 2. The Hall–Kier alpha value is -2.34. The van der Waals surface area contributed by atoms with Gasteiger partial charge in [-0.25, -0.2) is 9.59 Å². The molecule has 0 heterocycles. The second-order valence-electron chi connectivity index (χ2n) is 3.97. The van der Waals surface area contributed by atoms with Crippen LogP contribution in [0.5, 0.6) is 0 Å². The first kappa shape index (κ1) is 14.1. The number of hydrogen-bond donors (Lipinski definition) is 3. The van der Waals surface area contributed by atoms with Gasteiger partial charge in [-0.05, 0) is 30.3 Å². The summed E-state index contributed by atoms with van der Waals surface area (Å²) in [5, 5.41) is 21.1. The van der Waals surface area contributed by atoms with E-state index < -0.39 is 11.9 Å². The number of nitrogens with one attached hydrogen (secondary N) is 1. The minimum absolute atomic E-state index is 0.0552. The lowest BCUT2D eigenvalue weighted by Gasteiger charge is -2.12. The maximum atomic E-state index is 11.2. The molecule has 102 valence electrons. The summed E-state index contributed by atoms with van der Waals surface area (Å²) in [4.78, 5) is 22.3. The van der Waals surface area contributed by atoms with E-state index in [0.29, 0.717) is 15.8 Å². The summed E-state index contributed by atoms with van der Waals surface area (Å²) in [7, 11) is 0. The molecule has 0 radical (unpaired) electrons. The van der Waals surface area contributed by atoms with E-state index in [9.17, 15) is 9.59 Å². The van der Waals surface area contributed by atoms with Crippen LogP contribution < -0.4 is 5.32 Å². The highest BCUT2D eigenvalue weighted by atomic mass is 79.9. The zero-order valence-corrected chi connectivity index (χ0v) is 11.7. The van der Waals surface area contributed by atoms with Gasteiger partial charge in [0.05, 0.1) is 22.5 Å². The van der Waals surface area contributed by atoms with Gasteiger partial charge >= 0.3 is 11.9 Å². The number of carboxylic acids is 2. The second kappa shape index (κ2) is 5.75. The fraction of sp³-hybridized carbons (Fsp3) is 0. The minimum Gasteiger partial charge on any atom is -0.478 e. The molecule has 6 heteroatoms. The van der Waals surface area contributed by atoms with E-state index in [0.717, 1.165) is 0 Å². The molecule has 5 nitrogen and oxygen atoms in total. The number of rotatable bonds is 4. The molecular formula is C14H10BrNO4. The number of halogens is 1. The first-order valence-corrected chi connectivity index (χ1v) is 6.40. The number of benzene rings is 2. The van der Waals surface area contributed by atoms with Gasteiger partial charge < -0.3 is 15.5 Å². The second-order valence-corrected chi connectivity index (χ2v) is 4.89. The quantitative estimate of drug-likeness (QED) is 0.794. The van der Waals surface area contributed by atoms with Crippen molar-refractivity contribution in [2.24, 2.45) is 0 Å². The van der Waals surface area contributed by atoms with Gasteiger partial charge in [-0.2, -0.15) is 0 Å². The summed E-state index contributed by atoms with van der Waals surface area (Å²) in [5.41, 5.74) is 0.797. The number of carboxylic acid groups (broad SMARTS) is 2. The highest BCUT2D eigenvalue weighted by Crippen LogP contribution is 2.26. The van der Waals surface area contributed by atoms with Gasteiger partial charge in [0.2, 0.25) is 0 Å². The van der Waals surface area contributed by atoms with E-state index in [1.165, 1.54) is 12.1 Å². The van der Waals surface area contributed by atoms with E-state index in [-0.39, 0.29) is 11.1 Å². The van der Waals surface area contributed by atoms with Crippen LogP contribution in [-0.4, -0.2) is 22.2 Å². The standard InChI is InChI=1S/C14H10BrNO4/c15-8-5-6-12(10(7-8)14(19)20)16-11-4-2-1-3-9(11)13(17)18/h1-7,16H,(H,17,18)(H,19,20). The van der Waals surface area contributed by atoms with Crippen molar-refractivity contribution in [2.45, 2.75) is 0 Å². The van der Waals surface area contributed by atoms with E-state index >= 15 is 0 Å². The summed E-state index contributed by atoms with van der Waals surface area (Å²) >= 11 is 3.20. The lowest BCUT2D eigenvalue weighted by Crippen LogP contribution is -2.06. The van der Waals surface area contributed by atoms with Crippen LogP contribution in [0.25, 0.3) is 0 Å². The molecule has 0 aromatic heterocycles. The molecule has 20 heavy (non-hydrogen) atoms. The fourth-order valence-electron chi connectivity index (χ4n) is 1.73. The first-order chi connectivity index (χ1) is 9.49. The van der Waals surface area contributed by atoms with Crippen LogP contribution in [0, 0.1) is 0 Å². The maximum absolute atomic E-state index is 11.2. The van der Waals surface area contributed by atoms with Crippen molar-refractivity contribution in [1.29, 1.82) is 0 Å². The van der Waals surface area contributed by atoms with Crippen molar-refractivity contribution < 1.29 is 19.8 Å². The average molecular weight is 336 g/mol. The average Bonchev–Trinajstić information content (AvgIpc) is 2.41. The minimum atomic E-state index is -1.10. The molecule has 0 amide bonds. The van der Waals surface area contributed by atoms with Crippen molar-refractivity contribution in [3.05, 3.63) is 58.1 Å². The third-order valence-electron chi connectivity index (χ3n) is 2.64. The van der Waals surface area contributed by atoms with Crippen LogP contribution in [-0.2, 0) is 0 Å². The third-order valence-corrected chi connectivity index (χ3v) is 3.13. The Morgan fingerprint density at radius 2 is 1.50 bits per heavy atom. The summed E-state index contributed by atoms with van der Waals surface area (Å²) in [6.07, 6.45) is 0. The topological polar surface area (TPSA) is 86.6 Å². The van der Waals surface area contributed by atoms with Gasteiger partial charge in [0, 0.05) is 4.47 Å². The SMILES string of the molecule is O=C(O)c1ccccc1Nc1ccc(Br)cc1C(=O)O. The Kier molecular flexibility index (Phi) is 4.05. The van der Waals surface area contributed by atoms with Crippen molar-refractivity contribution in [2.75, 3.05) is 5.32 Å². The molecule has 2 rings (SSSR count). The molecule has 0 fully saturated rings. The van der Waals surface area contributed by atoms with Crippen molar-refractivity contribution >= 4 is 39.2 Å². The molecule has 3 N–H and O–H groups in total. The molecule has 0 aliphatic carbocycles. The molecule has 0 saturated heterocycles. The van der Waals surface area contributed by atoms with Crippen LogP contribution in [0.1, 0.15) is 20.7 Å². The molecule has 2 aromatic rings. The normalized spacial score (nSPS) is 10.1. The first-order valence-electron chi connectivity index (χ1n) is 5.61. The maximum Gasteiger partial charge on any atom is 0.337 e. The summed E-state index contributed by atoms with van der Waals surface area (Å²) in [6.45, 7) is 0. The van der Waals surface area contributed by atoms with Crippen molar-refractivity contribution in [3.8, 4) is 0 Å². The Labute approximate surface area is 123 Å². The van der Waals surface area contributed by atoms with Gasteiger partial charge in [0.1, 0.15) is 0 Å². The molecule has 0 spiro atoms. The van der Waals surface area contributed by atoms with Crippen LogP contribution in [0.2, 0.25) is 0 Å². The molecule has 0 unspecified atom stereocenters. The number of para-hydroxylation sites is 1. The van der Waals surface area contributed by atoms with Crippen LogP contribution in [0.15, 0.2) is 46.9 Å². The summed E-state index contributed by atoms with van der Waals surface area (Å²) in [6, 6.07) is 11.0. The predicted molar refractivity (Wildman–Crippen MR) is 77.8 cm³/mol. The highest BCUT2D eigenvalue weighted by Gasteiger charge is 2.14. The van der Waals surface area contributed by atoms with Gasteiger partial charge in [-0.1, -0.05) is 28.1 Å². The molecule has 0 aliphatic rings. The van der Waals surface area contributed by atoms with Crippen LogP contribution in [0.4, 0.5) is 11.4 Å². The Balaban J connectivity index is 2.45. The summed E-state index contributed by atoms with van der Waals surface area (Å²) < 4.78 is 0.631. The number of anilines is 2. The molecule has 2 aromatic carbocycles. The zero-order chi connectivity index (χ0) is 14.7. The van der Waals surface area contributed by atoms with Crippen LogP contribution in [0.3, 0.4) is 0 Å². The summed E-state index contributed by atoms with van der Waals surface area (Å²) in [5.74, 6) is -2.18. The van der Waals surface area contributed by atoms with Crippen molar-refractivity contribution in [1.82, 2.24) is 0 Å². The fourth-order valence-corrected chi connectivity index (χ4v) is 2.09. The molecular weight excluding hydrogens is 326 g/mol. The molecule has 0 bridgehead atoms. The zero-order valence-electron chi connectivity index (χ0n) is 10.1. The Morgan fingerprint density at radius 1 is 0.900 bits per heavy atom. The predicted octanol–water partition coefficient (Wildman–Crippen LogP) is 3.59. The molecule has 0 saturated carbocycles. The van der Waals surface area contributed by atoms with Crippen LogP contribution >= 0.6 is 15.9 Å². The van der Waals surface area contributed by atoms with Gasteiger partial charge in [0.25, 0.3) is 0 Å². The van der Waals surface area contributed by atoms with E-state index in [1.54, 1.807) is 30.3 Å². The highest BCUT2D eigenvalue weighted by molar-refractivity contribution is 9.10. The number of hydrogen-bond acceptors (Lipinski definition) is 3. The van der Waals surface area contributed by atoms with E-state index in [1.807, 2.05) is 0 Å².